The molecule has 118 heavy (non-hydrogen) atoms. The quantitative estimate of drug-likeness (QED) is 0.141. The maximum absolute atomic E-state index is 6.38. The minimum absolute atomic E-state index is 0. The zero-order chi connectivity index (χ0) is 79.9. The van der Waals surface area contributed by atoms with Crippen LogP contribution in [0.25, 0.3) is 0 Å². The average Bonchev–Trinajstić information content (AvgIpc) is 1.60. The van der Waals surface area contributed by atoms with Gasteiger partial charge in [-0.2, -0.15) is 0 Å². The van der Waals surface area contributed by atoms with Crippen LogP contribution < -0.4 is 0 Å². The third kappa shape index (κ3) is 30.8. The molecule has 13 aliphatic carbocycles. The van der Waals surface area contributed by atoms with E-state index in [1.54, 1.807) is 121 Å². The summed E-state index contributed by atoms with van der Waals surface area (Å²) in [6, 6.07) is 18.8. The van der Waals surface area contributed by atoms with Gasteiger partial charge in [-0.05, 0) is 208 Å². The van der Waals surface area contributed by atoms with Crippen LogP contribution in [-0.2, 0) is 88.8 Å². The first-order chi connectivity index (χ1) is 52.4. The van der Waals surface area contributed by atoms with E-state index in [0.717, 1.165) is 104 Å². The summed E-state index contributed by atoms with van der Waals surface area (Å²) in [5.74, 6) is 18.6. The second-order valence-corrected chi connectivity index (χ2v) is 78.4. The second kappa shape index (κ2) is 56.6. The molecule has 0 saturated heterocycles. The Bertz CT molecular complexity index is 3090. The van der Waals surface area contributed by atoms with E-state index in [2.05, 4.69) is 156 Å². The zero-order valence-corrected chi connectivity index (χ0v) is 99.9. The van der Waals surface area contributed by atoms with Crippen molar-refractivity contribution in [1.82, 2.24) is 0 Å². The Morgan fingerprint density at radius 3 is 1.00 bits per heavy atom. The molecule has 0 radical (unpaired) electrons. The first kappa shape index (κ1) is 121. The fraction of sp³-hybridized carbons (Fsp3) is 0.780. The molecule has 0 amide bonds. The molecule has 0 N–H and O–H groups in total. The van der Waals surface area contributed by atoms with Gasteiger partial charge in [-0.15, -0.1) is 0 Å². The van der Waals surface area contributed by atoms with E-state index in [9.17, 15) is 0 Å². The van der Waals surface area contributed by atoms with Gasteiger partial charge in [0.1, 0.15) is 23.0 Å². The van der Waals surface area contributed by atoms with Gasteiger partial charge in [0, 0.05) is 11.8 Å². The normalized spacial score (nSPS) is 31.7. The molecule has 1 aromatic carbocycles. The van der Waals surface area contributed by atoms with E-state index in [-0.39, 0.29) is 64.8 Å². The van der Waals surface area contributed by atoms with Crippen LogP contribution in [0, 0.1) is 144 Å². The fourth-order valence-electron chi connectivity index (χ4n) is 29.1. The predicted octanol–water partition coefficient (Wildman–Crippen LogP) is 39.1. The monoisotopic (exact) mass is 2160 g/mol. The predicted molar refractivity (Wildman–Crippen MR) is 532 cm³/mol. The molecular weight excluding hydrogens is 1990 g/mol. The molecule has 18 heteroatoms. The van der Waals surface area contributed by atoms with Crippen molar-refractivity contribution in [3.8, 4) is 0 Å². The van der Waals surface area contributed by atoms with Crippen LogP contribution in [0.1, 0.15) is 337 Å². The summed E-state index contributed by atoms with van der Waals surface area (Å²) in [5.41, 5.74) is 12.5. The van der Waals surface area contributed by atoms with E-state index in [0.29, 0.717) is 11.3 Å². The molecule has 0 aliphatic heterocycles. The number of halogens is 8. The van der Waals surface area contributed by atoms with Gasteiger partial charge in [-0.3, -0.25) is 0 Å². The van der Waals surface area contributed by atoms with Crippen LogP contribution in [0.4, 0.5) is 0 Å². The topological polar surface area (TPSA) is 26.3 Å². The maximum atomic E-state index is 6.38. The van der Waals surface area contributed by atoms with Crippen LogP contribution in [0.15, 0.2) is 57.4 Å². The summed E-state index contributed by atoms with van der Waals surface area (Å²) in [6.07, 6.45) is 58.0. The van der Waals surface area contributed by atoms with Crippen LogP contribution in [-0.4, -0.2) is 32.3 Å². The van der Waals surface area contributed by atoms with Crippen molar-refractivity contribution in [2.45, 2.75) is 419 Å². The average molecular weight is 2170 g/mol. The number of hydrogen-bond donors (Lipinski definition) is 0. The van der Waals surface area contributed by atoms with Gasteiger partial charge in [0.05, 0.1) is 32.3 Å². The Balaban J connectivity index is 0.000000745. The van der Waals surface area contributed by atoms with Crippen molar-refractivity contribution in [3.05, 3.63) is 142 Å². The molecular formula is C100H178Cl8O2Si4Zr4. The number of hydrogen-bond acceptors (Lipinski definition) is 2. The third-order valence-corrected chi connectivity index (χ3v) is 55.5. The van der Waals surface area contributed by atoms with Crippen LogP contribution in [0.5, 0.6) is 0 Å². The van der Waals surface area contributed by atoms with Crippen molar-refractivity contribution in [1.29, 1.82) is 0 Å². The second-order valence-electron chi connectivity index (χ2n) is 42.9. The summed E-state index contributed by atoms with van der Waals surface area (Å²) in [7, 11) is 34.7. The molecule has 13 fully saturated rings. The van der Waals surface area contributed by atoms with Crippen molar-refractivity contribution in [3.63, 3.8) is 0 Å². The summed E-state index contributed by atoms with van der Waals surface area (Å²) < 4.78 is 12.6. The SMILES string of the molecule is CC(C)(C)C1CCC([Si](C)(C)C2CCC3CCCCC32)C1.C[Si](C)(C1CCC2CCCCC21)C1CCC2CCCCC21.Cc1ccc(C2CC3C(c4ccc(C(C)(C)C)cc4)CCCC3C2[Si](C)(C)C2CCCC2)o1.Cc1ccc(C2CC3CCCCC3C2[Si](C)(C)C2CCCC2)o1.[CH3-].[CH3-].[CH3-].[CH3-].[CH3-].[CH3-].[CH3-].[CH3-].[Cl][Zr+2][Cl].[Cl][Zr+2][Cl].[Cl][Zr+2][Cl].[Cl][Zr+2][Cl]. The van der Waals surface area contributed by atoms with Gasteiger partial charge in [0.2, 0.25) is 0 Å². The van der Waals surface area contributed by atoms with Gasteiger partial charge in [-0.1, -0.05) is 330 Å². The fourth-order valence-corrected chi connectivity index (χ4v) is 50.1. The van der Waals surface area contributed by atoms with E-state index in [1.165, 1.54) is 174 Å². The Labute approximate surface area is 814 Å². The van der Waals surface area contributed by atoms with E-state index >= 15 is 0 Å². The number of furan rings is 2. The standard InChI is InChI=1S/C31H46OSi.C21H34OSi.C20H36Si.C20H38Si.8CH3.8ClH.4Zr/c1-21-14-19-29(32-21)28-20-27-25(22-15-17-23(18-16-22)31(2,3)4)12-9-13-26(27)30(28)33(5,6)24-10-7-8-11-24;1-15-12-13-20(22-15)19-14-16-8-4-7-11-18(16)21(19)23(2,3)17-9-5-6-10-17;1-21(2,19-13-11-15-7-3-5-9-17(15)19)20-14-12-16-8-4-6-10-18(16)20;1-20(2,3)16-11-12-17(14-16)21(4,5)19-13-10-15-8-6-7-9-18(15)19;;;;;;;;;;;;;;;;;;;;/h14-19,24-28,30H,7-13,20H2,1-6H3;12-13,16-19,21H,4-11,14H2,1-3H3;15-20H,3-14H2,1-2H3;15-19H,6-14H2,1-5H3;8*1H3;8*1H;;;;/q;;;;8*-1;;;;;;;;;4*+4/p-8. The van der Waals surface area contributed by atoms with E-state index < -0.39 is 116 Å². The van der Waals surface area contributed by atoms with Crippen LogP contribution in [0.2, 0.25) is 96.7 Å². The third-order valence-electron chi connectivity index (χ3n) is 34.5. The van der Waals surface area contributed by atoms with Crippen LogP contribution >= 0.6 is 68.1 Å². The van der Waals surface area contributed by atoms with Gasteiger partial charge in [0.25, 0.3) is 0 Å². The summed E-state index contributed by atoms with van der Waals surface area (Å²) in [4.78, 5) is 0. The van der Waals surface area contributed by atoms with Gasteiger partial charge < -0.3 is 68.2 Å². The van der Waals surface area contributed by atoms with Crippen molar-refractivity contribution < 1.29 is 92.2 Å². The number of aryl methyl sites for hydroxylation is 2. The van der Waals surface area contributed by atoms with Crippen molar-refractivity contribution >= 4 is 100 Å². The Kier molecular flexibility index (Phi) is 57.8. The van der Waals surface area contributed by atoms with E-state index in [1.807, 2.05) is 0 Å². The number of rotatable bonds is 11. The molecule has 2 heterocycles. The number of fused-ring (bicyclic) bond motifs is 5. The molecule has 678 valence electrons. The number of benzene rings is 1. The molecule has 13 saturated carbocycles. The van der Waals surface area contributed by atoms with Crippen molar-refractivity contribution in [2.75, 3.05) is 0 Å². The van der Waals surface area contributed by atoms with Gasteiger partial charge in [0.15, 0.2) is 0 Å². The summed E-state index contributed by atoms with van der Waals surface area (Å²) >= 11 is -3.30. The van der Waals surface area contributed by atoms with Gasteiger partial charge >= 0.3 is 151 Å². The first-order valence-electron chi connectivity index (χ1n) is 45.4. The molecule has 0 bridgehead atoms. The van der Waals surface area contributed by atoms with Gasteiger partial charge in [-0.25, -0.2) is 0 Å². The van der Waals surface area contributed by atoms with Crippen LogP contribution in [0.3, 0.4) is 0 Å². The first-order valence-corrected chi connectivity index (χ1v) is 83.4. The zero-order valence-electron chi connectivity index (χ0n) is 80.0. The molecule has 13 aliphatic rings. The minimum atomic E-state index is -1.41. The summed E-state index contributed by atoms with van der Waals surface area (Å²) in [6.45, 7) is 40.9. The molecule has 2 nitrogen and oxygen atoms in total. The molecule has 16 rings (SSSR count). The molecule has 0 spiro atoms. The Morgan fingerprint density at radius 2 is 0.636 bits per heavy atom. The molecule has 20 unspecified atom stereocenters. The molecule has 2 aromatic heterocycles. The molecule has 20 atom stereocenters. The molecule has 3 aromatic rings. The van der Waals surface area contributed by atoms with E-state index in [4.69, 9.17) is 76.9 Å². The Hall–Kier alpha value is 4.50. The van der Waals surface area contributed by atoms with Crippen molar-refractivity contribution in [2.24, 2.45) is 70.5 Å². The Morgan fingerprint density at radius 1 is 0.297 bits per heavy atom. The summed E-state index contributed by atoms with van der Waals surface area (Å²) in [5, 5.41) is 0.